The van der Waals surface area contributed by atoms with Gasteiger partial charge in [-0.05, 0) is 119 Å². The molecule has 0 radical (unpaired) electrons. The SMILES string of the molecule is C.C=CCCC.C=CCOC(C)=O.CC.CC.CC(=O)OCC(C)C.CC(=O)OCC1c2ccccc2-c2ccccc21.CC(=O)OCCCCC(C)C.CC(=O)OCc1ccccc1.CC(C)=O.CC(C)C[Si](C)(C)C.CCC.CCC(C)C.CCc1ccc(CO)cc1.CCc1ccccc1.C[SiH](C)C(C)(C)C. The van der Waals surface area contributed by atoms with Gasteiger partial charge in [-0.1, -0.05) is 369 Å². The van der Waals surface area contributed by atoms with Crippen molar-refractivity contribution < 1.29 is 57.6 Å². The van der Waals surface area contributed by atoms with Gasteiger partial charge >= 0.3 is 29.8 Å². The van der Waals surface area contributed by atoms with Gasteiger partial charge in [-0.15, -0.1) is 6.58 Å². The second-order valence-corrected chi connectivity index (χ2v) is 39.2. The third-order valence-corrected chi connectivity index (χ3v) is 19.6. The van der Waals surface area contributed by atoms with Crippen molar-refractivity contribution in [3.63, 3.8) is 0 Å². The van der Waals surface area contributed by atoms with E-state index in [2.05, 4.69) is 208 Å². The summed E-state index contributed by atoms with van der Waals surface area (Å²) in [6, 6.07) is 46.2. The summed E-state index contributed by atoms with van der Waals surface area (Å²) in [6.45, 7) is 76.8. The highest BCUT2D eigenvalue weighted by molar-refractivity contribution is 6.76. The second kappa shape index (κ2) is 86.0. The lowest BCUT2D eigenvalue weighted by molar-refractivity contribution is -0.143. The van der Waals surface area contributed by atoms with Gasteiger partial charge in [-0.3, -0.25) is 24.0 Å². The quantitative estimate of drug-likeness (QED) is 0.0243. The number of ether oxygens (including phenoxy) is 5. The summed E-state index contributed by atoms with van der Waals surface area (Å²) >= 11 is 0. The number of benzene rings is 5. The van der Waals surface area contributed by atoms with Gasteiger partial charge < -0.3 is 33.6 Å². The molecule has 12 nitrogen and oxygen atoms in total. The molecule has 0 fully saturated rings. The molecule has 5 aromatic rings. The minimum Gasteiger partial charge on any atom is -0.466 e. The highest BCUT2D eigenvalue weighted by atomic mass is 28.3. The van der Waals surface area contributed by atoms with Gasteiger partial charge in [-0.2, -0.15) is 0 Å². The molecule has 14 heteroatoms. The highest BCUT2D eigenvalue weighted by Gasteiger charge is 2.28. The standard InChI is InChI=1S/C16H14O2.C9H10O2.C9H18O2.C9H12O.C8H10.C7H18Si.C6H12O2.C6H16Si.C5H8O2.C5H12.C5H10.C3H6O.C3H8.2C2H6.CH4/c1-11(17)18-10-16-14-8-4-2-6-12(14)13-7-3-5-9-15(13)16;1-8(10)11-7-9-5-3-2-4-6-9;1-8(2)6-4-5-7-11-9(3)10;1-2-8-3-5-9(7-10)6-4-8;1-2-8-6-4-3-5-7-8;1-7(2)6-8(3,4)5;1-5(2)4-8-6(3)7;1-6(2,3)7(4)5;1-3-4-7-5(2)6;1-4-5(2)3;1-3-5-4-2;1-3(2)4;1-3-2;2*1-2;/h2-9,16H,10H2,1H3;2-6H,7H2,1H3;8H,4-7H2,1-3H3;3-6,10H,2,7H2,1H3;3-7H,2H2,1H3;7H,6H2,1-5H3;5H,4H2,1-3H3;7H,1-5H3;3H,1,4H2,2H3;5H,4H2,1-3H3;3H,1,4-5H2,2H3;1-2H3;3H2,1-2H3;2*1-2H3;1H4. The number of esters is 5. The maximum absolute atomic E-state index is 11.0. The van der Waals surface area contributed by atoms with E-state index in [4.69, 9.17) is 19.3 Å². The molecule has 634 valence electrons. The third kappa shape index (κ3) is 99.0. The normalized spacial score (nSPS) is 9.81. The van der Waals surface area contributed by atoms with Gasteiger partial charge in [0.25, 0.3) is 0 Å². The van der Waals surface area contributed by atoms with E-state index in [0.717, 1.165) is 61.0 Å². The van der Waals surface area contributed by atoms with Crippen molar-refractivity contribution >= 4 is 52.5 Å². The number of carbonyl (C=O) groups excluding carboxylic acids is 6. The number of aliphatic hydroxyl groups is 1. The monoisotopic (exact) mass is 1570 g/mol. The van der Waals surface area contributed by atoms with Gasteiger partial charge in [0.15, 0.2) is 0 Å². The first-order chi connectivity index (χ1) is 51.1. The van der Waals surface area contributed by atoms with Crippen LogP contribution in [0.3, 0.4) is 0 Å². The molecule has 0 saturated carbocycles. The Morgan fingerprint density at radius 3 is 1.09 bits per heavy atom. The summed E-state index contributed by atoms with van der Waals surface area (Å²) in [4.78, 5) is 61.2. The zero-order valence-electron chi connectivity index (χ0n) is 76.0. The first-order valence-electron chi connectivity index (χ1n) is 40.4. The van der Waals surface area contributed by atoms with E-state index in [1.165, 1.54) is 120 Å². The minimum atomic E-state index is -0.720. The van der Waals surface area contributed by atoms with Crippen LogP contribution in [0.25, 0.3) is 11.1 Å². The van der Waals surface area contributed by atoms with Gasteiger partial charge in [0.2, 0.25) is 0 Å². The number of ketones is 1. The van der Waals surface area contributed by atoms with Crippen molar-refractivity contribution in [1.82, 2.24) is 0 Å². The van der Waals surface area contributed by atoms with Crippen LogP contribution >= 0.6 is 0 Å². The molecule has 6 rings (SSSR count). The van der Waals surface area contributed by atoms with Gasteiger partial charge in [0.1, 0.15) is 25.6 Å². The van der Waals surface area contributed by atoms with Crippen molar-refractivity contribution in [2.75, 3.05) is 26.4 Å². The zero-order chi connectivity index (χ0) is 86.4. The molecular formula is C96H170O12Si2. The average Bonchev–Trinajstić information content (AvgIpc) is 1.62. The molecule has 0 unspecified atom stereocenters. The maximum atomic E-state index is 11.0. The fraction of sp³-hybridized carbons (Fsp3) is 0.583. The van der Waals surface area contributed by atoms with Crippen LogP contribution < -0.4 is 0 Å². The summed E-state index contributed by atoms with van der Waals surface area (Å²) in [6.07, 6.45) is 14.0. The fourth-order valence-electron chi connectivity index (χ4n) is 7.75. The van der Waals surface area contributed by atoms with Crippen LogP contribution in [0, 0.1) is 23.7 Å². The molecule has 0 saturated heterocycles. The van der Waals surface area contributed by atoms with Crippen LogP contribution in [-0.2, 0) is 78.5 Å². The first-order valence-corrected chi connectivity index (χ1v) is 47.0. The molecule has 0 aliphatic heterocycles. The Balaban J connectivity index is -0.000000125. The third-order valence-electron chi connectivity index (χ3n) is 14.1. The number of unbranched alkanes of at least 4 members (excludes halogenated alkanes) is 2. The number of carbonyl (C=O) groups is 6. The van der Waals surface area contributed by atoms with E-state index >= 15 is 0 Å². The summed E-state index contributed by atoms with van der Waals surface area (Å²) in [5.74, 6) is 2.23. The van der Waals surface area contributed by atoms with E-state index in [9.17, 15) is 28.8 Å². The van der Waals surface area contributed by atoms with E-state index in [0.29, 0.717) is 44.0 Å². The van der Waals surface area contributed by atoms with Crippen LogP contribution in [0.1, 0.15) is 286 Å². The molecular weight excluding hydrogens is 1400 g/mol. The summed E-state index contributed by atoms with van der Waals surface area (Å²) in [5.41, 5.74) is 9.74. The number of fused-ring (bicyclic) bond motifs is 3. The minimum absolute atomic E-state index is 0. The molecule has 1 N–H and O–H groups in total. The smallest absolute Gasteiger partial charge is 0.302 e. The number of hydrogen-bond acceptors (Lipinski definition) is 12. The lowest BCUT2D eigenvalue weighted by Gasteiger charge is -2.21. The van der Waals surface area contributed by atoms with Crippen LogP contribution in [0.4, 0.5) is 0 Å². The Labute approximate surface area is 681 Å². The average molecular weight is 1570 g/mol. The van der Waals surface area contributed by atoms with Crippen molar-refractivity contribution in [2.45, 2.75) is 322 Å². The predicted octanol–water partition coefficient (Wildman–Crippen LogP) is 27.4. The number of allylic oxidation sites excluding steroid dienone is 1. The van der Waals surface area contributed by atoms with Crippen molar-refractivity contribution in [3.8, 4) is 11.1 Å². The molecule has 0 spiro atoms. The van der Waals surface area contributed by atoms with E-state index in [1.807, 2.05) is 133 Å². The first kappa shape index (κ1) is 124. The molecule has 0 atom stereocenters. The highest BCUT2D eigenvalue weighted by Crippen LogP contribution is 2.44. The van der Waals surface area contributed by atoms with E-state index in [1.54, 1.807) is 0 Å². The van der Waals surface area contributed by atoms with Crippen LogP contribution in [0.5, 0.6) is 0 Å². The van der Waals surface area contributed by atoms with Crippen molar-refractivity contribution in [2.24, 2.45) is 23.7 Å². The van der Waals surface area contributed by atoms with E-state index < -0.39 is 8.07 Å². The molecule has 5 aromatic carbocycles. The molecule has 1 aliphatic rings. The fourth-order valence-corrected chi connectivity index (χ4v) is 10.2. The molecule has 0 heterocycles. The summed E-state index contributed by atoms with van der Waals surface area (Å²) in [7, 11) is -1.08. The lowest BCUT2D eigenvalue weighted by Crippen LogP contribution is -2.21. The second-order valence-electron chi connectivity index (χ2n) is 29.7. The largest absolute Gasteiger partial charge is 0.466 e. The lowest BCUT2D eigenvalue weighted by atomic mass is 9.98. The molecule has 0 aromatic heterocycles. The van der Waals surface area contributed by atoms with Crippen molar-refractivity contribution in [1.29, 1.82) is 0 Å². The Morgan fingerprint density at radius 2 is 0.845 bits per heavy atom. The van der Waals surface area contributed by atoms with Crippen LogP contribution in [-0.4, -0.2) is 84.0 Å². The zero-order valence-corrected chi connectivity index (χ0v) is 78.1. The van der Waals surface area contributed by atoms with Crippen LogP contribution in [0.2, 0.25) is 43.8 Å². The number of rotatable bonds is 21. The van der Waals surface area contributed by atoms with Gasteiger partial charge in [-0.25, -0.2) is 0 Å². The number of Topliss-reactive ketones (excluding diaryl/α,β-unsaturated/α-hetero) is 1. The van der Waals surface area contributed by atoms with Gasteiger partial charge in [0, 0.05) is 57.4 Å². The maximum Gasteiger partial charge on any atom is 0.302 e. The summed E-state index contributed by atoms with van der Waals surface area (Å²) in [5, 5.41) is 9.34. The van der Waals surface area contributed by atoms with E-state index in [-0.39, 0.29) is 64.4 Å². The number of aliphatic hydroxyl groups excluding tert-OH is 1. The Kier molecular flexibility index (Phi) is 96.8. The molecule has 1 aliphatic carbocycles. The van der Waals surface area contributed by atoms with Gasteiger partial charge in [0.05, 0.1) is 19.8 Å². The summed E-state index contributed by atoms with van der Waals surface area (Å²) < 4.78 is 23.9. The Morgan fingerprint density at radius 1 is 0.491 bits per heavy atom. The Hall–Kier alpha value is -7.01. The topological polar surface area (TPSA) is 169 Å². The van der Waals surface area contributed by atoms with Crippen LogP contribution in [0.15, 0.2) is 159 Å². The number of aryl methyl sites for hydroxylation is 2. The molecule has 0 bridgehead atoms. The molecule has 110 heavy (non-hydrogen) atoms. The predicted molar refractivity (Wildman–Crippen MR) is 487 cm³/mol. The molecule has 0 amide bonds. The Bertz CT molecular complexity index is 2800. The number of hydrogen-bond donors (Lipinski definition) is 1. The van der Waals surface area contributed by atoms with Crippen molar-refractivity contribution in [3.05, 3.63) is 192 Å².